The van der Waals surface area contributed by atoms with E-state index in [0.717, 1.165) is 12.5 Å². The molecule has 0 bridgehead atoms. The molecule has 0 aromatic heterocycles. The topological polar surface area (TPSA) is 12.0 Å². The lowest BCUT2D eigenvalue weighted by atomic mass is 9.99. The van der Waals surface area contributed by atoms with Crippen LogP contribution in [0.25, 0.3) is 0 Å². The Bertz CT molecular complexity index is 169. The van der Waals surface area contributed by atoms with Gasteiger partial charge in [0, 0.05) is 17.9 Å². The summed E-state index contributed by atoms with van der Waals surface area (Å²) in [6.07, 6.45) is 1.29. The molecule has 0 aromatic carbocycles. The maximum atomic E-state index is 3.71. The Kier molecular flexibility index (Phi) is 1.50. The molecule has 2 fully saturated rings. The largest absolute Gasteiger partial charge is 0.316 e. The van der Waals surface area contributed by atoms with Crippen LogP contribution < -0.4 is 5.32 Å². The van der Waals surface area contributed by atoms with E-state index in [9.17, 15) is 0 Å². The highest BCUT2D eigenvalue weighted by atomic mass is 79.9. The van der Waals surface area contributed by atoms with Crippen molar-refractivity contribution in [2.75, 3.05) is 13.1 Å². The fourth-order valence-electron chi connectivity index (χ4n) is 1.96. The Morgan fingerprint density at radius 1 is 1.50 bits per heavy atom. The van der Waals surface area contributed by atoms with E-state index < -0.39 is 0 Å². The Labute approximate surface area is 78.2 Å². The number of hydrogen-bond donors (Lipinski definition) is 1. The number of alkyl halides is 2. The van der Waals surface area contributed by atoms with Gasteiger partial charge in [-0.15, -0.1) is 0 Å². The molecule has 0 spiro atoms. The molecule has 1 nitrogen and oxygen atoms in total. The molecule has 2 unspecified atom stereocenters. The van der Waals surface area contributed by atoms with Crippen molar-refractivity contribution in [3.05, 3.63) is 0 Å². The van der Waals surface area contributed by atoms with Gasteiger partial charge in [0.1, 0.15) is 0 Å². The molecule has 2 aliphatic rings. The van der Waals surface area contributed by atoms with Crippen LogP contribution in [0.4, 0.5) is 0 Å². The Hall–Kier alpha value is 0.920. The zero-order chi connectivity index (χ0) is 7.41. The van der Waals surface area contributed by atoms with E-state index in [2.05, 4.69) is 44.1 Å². The summed E-state index contributed by atoms with van der Waals surface area (Å²) in [4.78, 5) is 0. The maximum absolute atomic E-state index is 3.71. The summed E-state index contributed by atoms with van der Waals surface area (Å²) >= 11 is 7.42. The molecule has 0 aromatic rings. The zero-order valence-corrected chi connectivity index (χ0v) is 9.13. The van der Waals surface area contributed by atoms with E-state index in [-0.39, 0.29) is 3.23 Å². The van der Waals surface area contributed by atoms with Crippen molar-refractivity contribution < 1.29 is 0 Å². The molecule has 1 saturated heterocycles. The number of piperidine rings is 1. The van der Waals surface area contributed by atoms with Crippen LogP contribution in [0.15, 0.2) is 0 Å². The van der Waals surface area contributed by atoms with E-state index in [1.807, 2.05) is 0 Å². The molecule has 10 heavy (non-hydrogen) atoms. The molecule has 1 aliphatic carbocycles. The second-order valence-corrected chi connectivity index (χ2v) is 7.11. The van der Waals surface area contributed by atoms with Crippen LogP contribution in [0.3, 0.4) is 0 Å². The Morgan fingerprint density at radius 2 is 2.20 bits per heavy atom. The van der Waals surface area contributed by atoms with Gasteiger partial charge < -0.3 is 5.32 Å². The fraction of sp³-hybridized carbons (Fsp3) is 1.00. The van der Waals surface area contributed by atoms with Crippen LogP contribution in [0.1, 0.15) is 13.3 Å². The van der Waals surface area contributed by atoms with Gasteiger partial charge in [0.15, 0.2) is 0 Å². The second-order valence-electron chi connectivity index (χ2n) is 3.55. The van der Waals surface area contributed by atoms with Gasteiger partial charge in [0.2, 0.25) is 0 Å². The first-order valence-electron chi connectivity index (χ1n) is 3.67. The van der Waals surface area contributed by atoms with Crippen molar-refractivity contribution in [1.82, 2.24) is 5.32 Å². The molecule has 2 rings (SSSR count). The summed E-state index contributed by atoms with van der Waals surface area (Å²) in [6, 6.07) is 0. The third kappa shape index (κ3) is 0.718. The predicted octanol–water partition coefficient (Wildman–Crippen LogP) is 2.10. The first-order valence-corrected chi connectivity index (χ1v) is 5.26. The monoisotopic (exact) mass is 267 g/mol. The first-order chi connectivity index (χ1) is 4.59. The minimum Gasteiger partial charge on any atom is -0.316 e. The highest BCUT2D eigenvalue weighted by Gasteiger charge is 2.71. The van der Waals surface area contributed by atoms with Crippen molar-refractivity contribution in [2.45, 2.75) is 16.6 Å². The summed E-state index contributed by atoms with van der Waals surface area (Å²) < 4.78 is 0.247. The van der Waals surface area contributed by atoms with Gasteiger partial charge >= 0.3 is 0 Å². The van der Waals surface area contributed by atoms with Crippen LogP contribution in [0, 0.1) is 11.3 Å². The Balaban J connectivity index is 2.20. The lowest BCUT2D eigenvalue weighted by Crippen LogP contribution is -2.27. The van der Waals surface area contributed by atoms with Crippen molar-refractivity contribution in [1.29, 1.82) is 0 Å². The summed E-state index contributed by atoms with van der Waals surface area (Å²) in [5, 5.41) is 3.40. The Morgan fingerprint density at radius 3 is 2.60 bits per heavy atom. The van der Waals surface area contributed by atoms with Gasteiger partial charge in [-0.1, -0.05) is 38.8 Å². The molecule has 2 atom stereocenters. The van der Waals surface area contributed by atoms with Gasteiger partial charge in [0.25, 0.3) is 0 Å². The minimum atomic E-state index is 0.247. The normalized spacial score (nSPS) is 50.1. The number of rotatable bonds is 0. The predicted molar refractivity (Wildman–Crippen MR) is 49.7 cm³/mol. The zero-order valence-electron chi connectivity index (χ0n) is 5.95. The lowest BCUT2D eigenvalue weighted by molar-refractivity contribution is 0.382. The highest BCUT2D eigenvalue weighted by Crippen LogP contribution is 2.73. The summed E-state index contributed by atoms with van der Waals surface area (Å²) in [5.41, 5.74) is 0.512. The van der Waals surface area contributed by atoms with Crippen LogP contribution in [-0.2, 0) is 0 Å². The lowest BCUT2D eigenvalue weighted by Gasteiger charge is -2.16. The first kappa shape index (κ1) is 7.56. The molecule has 0 radical (unpaired) electrons. The van der Waals surface area contributed by atoms with E-state index >= 15 is 0 Å². The number of halogens is 2. The summed E-state index contributed by atoms with van der Waals surface area (Å²) in [7, 11) is 0. The molecule has 1 saturated carbocycles. The molecule has 1 heterocycles. The van der Waals surface area contributed by atoms with Crippen LogP contribution in [0.2, 0.25) is 0 Å². The highest BCUT2D eigenvalue weighted by molar-refractivity contribution is 9.25. The standard InChI is InChI=1S/C7H11Br2N/c1-6-2-3-10-4-5(6)7(6,8)9/h5,10H,2-4H2,1H3. The fourth-order valence-corrected chi connectivity index (χ4v) is 4.02. The van der Waals surface area contributed by atoms with Gasteiger partial charge in [-0.3, -0.25) is 0 Å². The molecular weight excluding hydrogens is 258 g/mol. The number of hydrogen-bond acceptors (Lipinski definition) is 1. The van der Waals surface area contributed by atoms with Crippen molar-refractivity contribution in [3.8, 4) is 0 Å². The third-order valence-electron chi connectivity index (χ3n) is 3.05. The van der Waals surface area contributed by atoms with Gasteiger partial charge in [-0.05, 0) is 13.0 Å². The summed E-state index contributed by atoms with van der Waals surface area (Å²) in [6.45, 7) is 4.68. The molecule has 3 heteroatoms. The SMILES string of the molecule is CC12CCNCC1C2(Br)Br. The molecule has 1 aliphatic heterocycles. The summed E-state index contributed by atoms with van der Waals surface area (Å²) in [5.74, 6) is 0.786. The van der Waals surface area contributed by atoms with Crippen molar-refractivity contribution >= 4 is 31.9 Å². The maximum Gasteiger partial charge on any atom is 0.0909 e. The van der Waals surface area contributed by atoms with E-state index in [4.69, 9.17) is 0 Å². The number of fused-ring (bicyclic) bond motifs is 1. The second kappa shape index (κ2) is 1.99. The van der Waals surface area contributed by atoms with Gasteiger partial charge in [-0.25, -0.2) is 0 Å². The smallest absolute Gasteiger partial charge is 0.0909 e. The minimum absolute atomic E-state index is 0.247. The van der Waals surface area contributed by atoms with Crippen molar-refractivity contribution in [3.63, 3.8) is 0 Å². The quantitative estimate of drug-likeness (QED) is 0.664. The third-order valence-corrected chi connectivity index (χ3v) is 5.97. The molecule has 58 valence electrons. The number of nitrogens with one attached hydrogen (secondary N) is 1. The average molecular weight is 269 g/mol. The van der Waals surface area contributed by atoms with Crippen LogP contribution in [0.5, 0.6) is 0 Å². The van der Waals surface area contributed by atoms with E-state index in [1.54, 1.807) is 0 Å². The molecule has 0 amide bonds. The average Bonchev–Trinajstić information content (AvgIpc) is 2.30. The van der Waals surface area contributed by atoms with Crippen molar-refractivity contribution in [2.24, 2.45) is 11.3 Å². The molecular formula is C7H11Br2N. The molecule has 1 N–H and O–H groups in total. The van der Waals surface area contributed by atoms with Gasteiger partial charge in [0.05, 0.1) is 3.23 Å². The van der Waals surface area contributed by atoms with Crippen LogP contribution >= 0.6 is 31.9 Å². The van der Waals surface area contributed by atoms with E-state index in [0.29, 0.717) is 5.41 Å². The van der Waals surface area contributed by atoms with Gasteiger partial charge in [-0.2, -0.15) is 0 Å². The van der Waals surface area contributed by atoms with E-state index in [1.165, 1.54) is 13.0 Å². The van der Waals surface area contributed by atoms with Crippen LogP contribution in [-0.4, -0.2) is 16.3 Å².